The Morgan fingerprint density at radius 2 is 1.64 bits per heavy atom. The molecule has 9 heteroatoms. The molecule has 0 aliphatic carbocycles. The van der Waals surface area contributed by atoms with Crippen molar-refractivity contribution in [3.05, 3.63) is 111 Å². The van der Waals surface area contributed by atoms with Crippen LogP contribution in [0, 0.1) is 10.1 Å². The van der Waals surface area contributed by atoms with Gasteiger partial charge < -0.3 is 10.2 Å². The maximum Gasteiger partial charge on any atom is 0.287 e. The van der Waals surface area contributed by atoms with Crippen LogP contribution in [-0.4, -0.2) is 36.0 Å². The second-order valence-electron chi connectivity index (χ2n) is 7.69. The highest BCUT2D eigenvalue weighted by molar-refractivity contribution is 6.05. The molecule has 2 N–H and O–H groups in total. The number of hydrazone groups is 1. The molecule has 0 unspecified atom stereocenters. The van der Waals surface area contributed by atoms with E-state index in [1.807, 2.05) is 24.3 Å². The largest absolute Gasteiger partial charge is 0.372 e. The number of nitrogens with zero attached hydrogens (tertiary/aromatic N) is 3. The molecule has 0 heterocycles. The first-order valence-corrected chi connectivity index (χ1v) is 11.4. The first kappa shape index (κ1) is 25.8. The lowest BCUT2D eigenvalue weighted by atomic mass is 10.1. The Kier molecular flexibility index (Phi) is 9.05. The third-order valence-corrected chi connectivity index (χ3v) is 5.32. The minimum atomic E-state index is -0.645. The molecule has 0 aliphatic heterocycles. The average molecular weight is 486 g/mol. The Balaban J connectivity index is 1.82. The molecule has 184 valence electrons. The van der Waals surface area contributed by atoms with E-state index in [9.17, 15) is 19.7 Å². The lowest BCUT2D eigenvalue weighted by molar-refractivity contribution is -0.384. The van der Waals surface area contributed by atoms with Gasteiger partial charge in [-0.25, -0.2) is 5.43 Å². The molecule has 3 rings (SSSR count). The summed E-state index contributed by atoms with van der Waals surface area (Å²) in [5, 5.41) is 17.5. The van der Waals surface area contributed by atoms with Crippen molar-refractivity contribution in [3.8, 4) is 0 Å². The molecule has 3 aromatic rings. The molecule has 9 nitrogen and oxygen atoms in total. The molecule has 0 aliphatic rings. The number of nitro groups is 1. The Morgan fingerprint density at radius 3 is 2.28 bits per heavy atom. The zero-order valence-corrected chi connectivity index (χ0v) is 20.0. The molecule has 0 fully saturated rings. The standard InChI is InChI=1S/C27H27N5O4/c1-3-31(4-2)23-15-13-20(14-16-23)18-25(29-26(33)22-10-6-5-7-11-22)27(34)30-28-19-21-9-8-12-24(17-21)32(35)36/h5-19H,3-4H2,1-2H3,(H,29,33)(H,30,34). The van der Waals surface area contributed by atoms with Gasteiger partial charge >= 0.3 is 0 Å². The maximum atomic E-state index is 12.9. The molecule has 3 aromatic carbocycles. The highest BCUT2D eigenvalue weighted by Crippen LogP contribution is 2.17. The van der Waals surface area contributed by atoms with Crippen molar-refractivity contribution >= 4 is 35.5 Å². The van der Waals surface area contributed by atoms with Gasteiger partial charge in [0.05, 0.1) is 11.1 Å². The summed E-state index contributed by atoms with van der Waals surface area (Å²) < 4.78 is 0. The topological polar surface area (TPSA) is 117 Å². The summed E-state index contributed by atoms with van der Waals surface area (Å²) in [7, 11) is 0. The first-order chi connectivity index (χ1) is 17.4. The van der Waals surface area contributed by atoms with E-state index in [0.717, 1.165) is 18.8 Å². The smallest absolute Gasteiger partial charge is 0.287 e. The molecule has 0 saturated heterocycles. The fourth-order valence-electron chi connectivity index (χ4n) is 3.42. The van der Waals surface area contributed by atoms with Crippen molar-refractivity contribution in [3.63, 3.8) is 0 Å². The highest BCUT2D eigenvalue weighted by atomic mass is 16.6. The minimum absolute atomic E-state index is 0.00404. The van der Waals surface area contributed by atoms with Crippen LogP contribution in [0.3, 0.4) is 0 Å². The Labute approximate surface area is 209 Å². The van der Waals surface area contributed by atoms with Crippen LogP contribution in [0.1, 0.15) is 35.3 Å². The molecular weight excluding hydrogens is 458 g/mol. The van der Waals surface area contributed by atoms with Gasteiger partial charge in [-0.15, -0.1) is 0 Å². The summed E-state index contributed by atoms with van der Waals surface area (Å²) in [6.45, 7) is 5.89. The Morgan fingerprint density at radius 1 is 0.944 bits per heavy atom. The third-order valence-electron chi connectivity index (χ3n) is 5.32. The van der Waals surface area contributed by atoms with E-state index in [0.29, 0.717) is 16.7 Å². The van der Waals surface area contributed by atoms with E-state index in [1.165, 1.54) is 24.4 Å². The fraction of sp³-hybridized carbons (Fsp3) is 0.148. The molecule has 0 saturated carbocycles. The Hall–Kier alpha value is -4.79. The highest BCUT2D eigenvalue weighted by Gasteiger charge is 2.14. The number of carbonyl (C=O) groups is 2. The number of non-ortho nitro benzene ring substituents is 1. The van der Waals surface area contributed by atoms with Crippen LogP contribution in [0.5, 0.6) is 0 Å². The number of rotatable bonds is 10. The molecule has 0 aromatic heterocycles. The second-order valence-corrected chi connectivity index (χ2v) is 7.69. The summed E-state index contributed by atoms with van der Waals surface area (Å²) in [5.74, 6) is -1.09. The number of anilines is 1. The van der Waals surface area contributed by atoms with E-state index >= 15 is 0 Å². The van der Waals surface area contributed by atoms with Gasteiger partial charge in [0.15, 0.2) is 0 Å². The molecule has 0 bridgehead atoms. The van der Waals surface area contributed by atoms with Crippen LogP contribution in [0.15, 0.2) is 89.7 Å². The maximum absolute atomic E-state index is 12.9. The lowest BCUT2D eigenvalue weighted by Gasteiger charge is -2.20. The summed E-state index contributed by atoms with van der Waals surface area (Å²) in [5.41, 5.74) is 4.89. The van der Waals surface area contributed by atoms with Crippen LogP contribution in [-0.2, 0) is 4.79 Å². The van der Waals surface area contributed by atoms with Gasteiger partial charge in [-0.3, -0.25) is 19.7 Å². The zero-order valence-electron chi connectivity index (χ0n) is 20.0. The number of nitro benzene ring substituents is 1. The monoisotopic (exact) mass is 485 g/mol. The number of nitrogens with one attached hydrogen (secondary N) is 2. The van der Waals surface area contributed by atoms with Crippen molar-refractivity contribution < 1.29 is 14.5 Å². The SMILES string of the molecule is CCN(CC)c1ccc(C=C(NC(=O)c2ccccc2)C(=O)NN=Cc2cccc([N+](=O)[O-])c2)cc1. The predicted molar refractivity (Wildman–Crippen MR) is 141 cm³/mol. The van der Waals surface area contributed by atoms with Crippen LogP contribution in [0.2, 0.25) is 0 Å². The van der Waals surface area contributed by atoms with Crippen LogP contribution < -0.4 is 15.6 Å². The number of carbonyl (C=O) groups excluding carboxylic acids is 2. The third kappa shape index (κ3) is 7.10. The number of hydrogen-bond donors (Lipinski definition) is 2. The molecule has 36 heavy (non-hydrogen) atoms. The van der Waals surface area contributed by atoms with Gasteiger partial charge in [0.25, 0.3) is 17.5 Å². The quantitative estimate of drug-likeness (QED) is 0.191. The molecular formula is C27H27N5O4. The fourth-order valence-corrected chi connectivity index (χ4v) is 3.42. The van der Waals surface area contributed by atoms with Crippen LogP contribution >= 0.6 is 0 Å². The van der Waals surface area contributed by atoms with Gasteiger partial charge in [0, 0.05) is 42.0 Å². The van der Waals surface area contributed by atoms with Gasteiger partial charge in [0.1, 0.15) is 5.70 Å². The van der Waals surface area contributed by atoms with Gasteiger partial charge in [-0.1, -0.05) is 42.5 Å². The van der Waals surface area contributed by atoms with E-state index in [1.54, 1.807) is 42.5 Å². The minimum Gasteiger partial charge on any atom is -0.372 e. The van der Waals surface area contributed by atoms with E-state index < -0.39 is 16.7 Å². The molecule has 0 spiro atoms. The normalized spacial score (nSPS) is 11.2. The predicted octanol–water partition coefficient (Wildman–Crippen LogP) is 4.36. The van der Waals surface area contributed by atoms with Gasteiger partial charge in [-0.05, 0) is 49.8 Å². The zero-order chi connectivity index (χ0) is 25.9. The van der Waals surface area contributed by atoms with E-state index in [2.05, 4.69) is 34.6 Å². The summed E-state index contributed by atoms with van der Waals surface area (Å²) in [6, 6.07) is 22.0. The molecule has 0 atom stereocenters. The first-order valence-electron chi connectivity index (χ1n) is 11.4. The second kappa shape index (κ2) is 12.6. The van der Waals surface area contributed by atoms with Gasteiger partial charge in [-0.2, -0.15) is 5.10 Å². The molecule has 2 amide bonds. The van der Waals surface area contributed by atoms with Crippen LogP contribution in [0.4, 0.5) is 11.4 Å². The summed E-state index contributed by atoms with van der Waals surface area (Å²) in [4.78, 5) is 38.3. The van der Waals surface area contributed by atoms with Crippen molar-refractivity contribution in [2.45, 2.75) is 13.8 Å². The van der Waals surface area contributed by atoms with Crippen molar-refractivity contribution in [2.75, 3.05) is 18.0 Å². The van der Waals surface area contributed by atoms with E-state index in [-0.39, 0.29) is 11.4 Å². The van der Waals surface area contributed by atoms with Crippen molar-refractivity contribution in [2.24, 2.45) is 5.10 Å². The lowest BCUT2D eigenvalue weighted by Crippen LogP contribution is -2.32. The number of amides is 2. The van der Waals surface area contributed by atoms with E-state index in [4.69, 9.17) is 0 Å². The average Bonchev–Trinajstić information content (AvgIpc) is 2.90. The summed E-state index contributed by atoms with van der Waals surface area (Å²) >= 11 is 0. The number of hydrogen-bond acceptors (Lipinski definition) is 6. The Bertz CT molecular complexity index is 1270. The number of benzene rings is 3. The molecule has 0 radical (unpaired) electrons. The summed E-state index contributed by atoms with van der Waals surface area (Å²) in [6.07, 6.45) is 2.85. The van der Waals surface area contributed by atoms with Crippen molar-refractivity contribution in [1.82, 2.24) is 10.7 Å². The van der Waals surface area contributed by atoms with Crippen molar-refractivity contribution in [1.29, 1.82) is 0 Å². The van der Waals surface area contributed by atoms with Crippen LogP contribution in [0.25, 0.3) is 6.08 Å². The van der Waals surface area contributed by atoms with Gasteiger partial charge in [0.2, 0.25) is 0 Å².